The van der Waals surface area contributed by atoms with Crippen molar-refractivity contribution in [2.24, 2.45) is 5.92 Å². The van der Waals surface area contributed by atoms with Crippen LogP contribution >= 0.6 is 11.6 Å². The Labute approximate surface area is 115 Å². The van der Waals surface area contributed by atoms with Gasteiger partial charge in [-0.25, -0.2) is 4.98 Å². The molecule has 0 bridgehead atoms. The van der Waals surface area contributed by atoms with Crippen molar-refractivity contribution in [3.63, 3.8) is 0 Å². The van der Waals surface area contributed by atoms with E-state index in [1.807, 2.05) is 12.1 Å². The molecule has 1 unspecified atom stereocenters. The maximum atomic E-state index is 5.89. The molecule has 0 radical (unpaired) electrons. The number of rotatable bonds is 4. The minimum Gasteiger partial charge on any atom is -0.367 e. The number of pyridine rings is 1. The molecule has 0 spiro atoms. The summed E-state index contributed by atoms with van der Waals surface area (Å²) in [5.74, 6) is 1.61. The highest BCUT2D eigenvalue weighted by Gasteiger charge is 2.23. The SMILES string of the molecule is CCN1CCC(C(C)Nc2cccc(Cl)n2)CC1. The Morgan fingerprint density at radius 3 is 2.78 bits per heavy atom. The zero-order valence-electron chi connectivity index (χ0n) is 11.2. The molecule has 100 valence electrons. The Morgan fingerprint density at radius 2 is 2.17 bits per heavy atom. The Kier molecular flexibility index (Phi) is 4.84. The second-order valence-corrected chi connectivity index (χ2v) is 5.44. The second kappa shape index (κ2) is 6.39. The van der Waals surface area contributed by atoms with Gasteiger partial charge in [-0.1, -0.05) is 24.6 Å². The van der Waals surface area contributed by atoms with Crippen LogP contribution in [-0.4, -0.2) is 35.6 Å². The molecule has 3 nitrogen and oxygen atoms in total. The smallest absolute Gasteiger partial charge is 0.131 e. The molecule has 1 aromatic rings. The number of anilines is 1. The molecule has 0 amide bonds. The van der Waals surface area contributed by atoms with Crippen molar-refractivity contribution < 1.29 is 0 Å². The fourth-order valence-corrected chi connectivity index (χ4v) is 2.77. The van der Waals surface area contributed by atoms with Crippen molar-refractivity contribution in [2.75, 3.05) is 25.0 Å². The number of nitrogens with one attached hydrogen (secondary N) is 1. The quantitative estimate of drug-likeness (QED) is 0.849. The number of aromatic nitrogens is 1. The van der Waals surface area contributed by atoms with E-state index in [0.717, 1.165) is 11.7 Å². The highest BCUT2D eigenvalue weighted by molar-refractivity contribution is 6.29. The van der Waals surface area contributed by atoms with Gasteiger partial charge in [-0.3, -0.25) is 0 Å². The number of nitrogens with zero attached hydrogens (tertiary/aromatic N) is 2. The van der Waals surface area contributed by atoms with Crippen LogP contribution in [0.15, 0.2) is 18.2 Å². The summed E-state index contributed by atoms with van der Waals surface area (Å²) in [5, 5.41) is 4.02. The molecule has 1 aliphatic heterocycles. The Bertz CT molecular complexity index is 375. The van der Waals surface area contributed by atoms with Crippen LogP contribution in [0.3, 0.4) is 0 Å². The first kappa shape index (κ1) is 13.6. The van der Waals surface area contributed by atoms with E-state index in [-0.39, 0.29) is 0 Å². The minimum atomic E-state index is 0.454. The van der Waals surface area contributed by atoms with Crippen LogP contribution in [0, 0.1) is 5.92 Å². The molecule has 2 heterocycles. The molecule has 1 N–H and O–H groups in total. The summed E-state index contributed by atoms with van der Waals surface area (Å²) in [6.07, 6.45) is 2.53. The lowest BCUT2D eigenvalue weighted by atomic mass is 9.90. The van der Waals surface area contributed by atoms with E-state index in [1.165, 1.54) is 32.5 Å². The van der Waals surface area contributed by atoms with Crippen LogP contribution < -0.4 is 5.32 Å². The molecule has 1 fully saturated rings. The number of likely N-dealkylation sites (tertiary alicyclic amines) is 1. The highest BCUT2D eigenvalue weighted by atomic mass is 35.5. The molecule has 4 heteroatoms. The summed E-state index contributed by atoms with van der Waals surface area (Å²) in [6, 6.07) is 6.17. The topological polar surface area (TPSA) is 28.2 Å². The Balaban J connectivity index is 1.87. The third-order valence-electron chi connectivity index (χ3n) is 3.88. The van der Waals surface area contributed by atoms with E-state index in [2.05, 4.69) is 29.0 Å². The van der Waals surface area contributed by atoms with Gasteiger partial charge in [0.15, 0.2) is 0 Å². The van der Waals surface area contributed by atoms with Gasteiger partial charge in [0.05, 0.1) is 0 Å². The van der Waals surface area contributed by atoms with Crippen molar-refractivity contribution in [3.05, 3.63) is 23.4 Å². The molecule has 1 aromatic heterocycles. The van der Waals surface area contributed by atoms with Gasteiger partial charge < -0.3 is 10.2 Å². The largest absolute Gasteiger partial charge is 0.367 e. The lowest BCUT2D eigenvalue weighted by molar-refractivity contribution is 0.183. The lowest BCUT2D eigenvalue weighted by Gasteiger charge is -2.34. The van der Waals surface area contributed by atoms with Crippen LogP contribution in [0.5, 0.6) is 0 Å². The van der Waals surface area contributed by atoms with Crippen LogP contribution in [-0.2, 0) is 0 Å². The van der Waals surface area contributed by atoms with Gasteiger partial charge in [-0.15, -0.1) is 0 Å². The third kappa shape index (κ3) is 3.59. The van der Waals surface area contributed by atoms with E-state index < -0.39 is 0 Å². The summed E-state index contributed by atoms with van der Waals surface area (Å²) in [7, 11) is 0. The van der Waals surface area contributed by atoms with Gasteiger partial charge in [-0.05, 0) is 57.5 Å². The fraction of sp³-hybridized carbons (Fsp3) is 0.643. The standard InChI is InChI=1S/C14H22ClN3/c1-3-18-9-7-12(8-10-18)11(2)16-14-6-4-5-13(15)17-14/h4-6,11-12H,3,7-10H2,1-2H3,(H,16,17). The Hall–Kier alpha value is -0.800. The van der Waals surface area contributed by atoms with Crippen molar-refractivity contribution >= 4 is 17.4 Å². The molecule has 0 aromatic carbocycles. The number of hydrogen-bond donors (Lipinski definition) is 1. The average molecular weight is 268 g/mol. The van der Waals surface area contributed by atoms with Crippen molar-refractivity contribution in [3.8, 4) is 0 Å². The zero-order valence-corrected chi connectivity index (χ0v) is 12.0. The summed E-state index contributed by atoms with van der Waals surface area (Å²) >= 11 is 5.89. The van der Waals surface area contributed by atoms with E-state index in [0.29, 0.717) is 11.2 Å². The number of hydrogen-bond acceptors (Lipinski definition) is 3. The van der Waals surface area contributed by atoms with Gasteiger partial charge in [0.1, 0.15) is 11.0 Å². The predicted octanol–water partition coefficient (Wildman–Crippen LogP) is 3.27. The summed E-state index contributed by atoms with van der Waals surface area (Å²) in [5.41, 5.74) is 0. The van der Waals surface area contributed by atoms with Crippen LogP contribution in [0.2, 0.25) is 5.15 Å². The summed E-state index contributed by atoms with van der Waals surface area (Å²) < 4.78 is 0. The Morgan fingerprint density at radius 1 is 1.44 bits per heavy atom. The van der Waals surface area contributed by atoms with Gasteiger partial charge in [-0.2, -0.15) is 0 Å². The summed E-state index contributed by atoms with van der Waals surface area (Å²) in [4.78, 5) is 6.80. The predicted molar refractivity (Wildman–Crippen MR) is 77.2 cm³/mol. The molecular formula is C14H22ClN3. The maximum Gasteiger partial charge on any atom is 0.131 e. The summed E-state index contributed by atoms with van der Waals surface area (Å²) in [6.45, 7) is 8.09. The molecule has 1 saturated heterocycles. The van der Waals surface area contributed by atoms with Crippen molar-refractivity contribution in [2.45, 2.75) is 32.7 Å². The molecule has 2 rings (SSSR count). The second-order valence-electron chi connectivity index (χ2n) is 5.05. The van der Waals surface area contributed by atoms with Crippen LogP contribution in [0.4, 0.5) is 5.82 Å². The highest BCUT2D eigenvalue weighted by Crippen LogP contribution is 2.22. The molecule has 18 heavy (non-hydrogen) atoms. The van der Waals surface area contributed by atoms with Gasteiger partial charge in [0, 0.05) is 6.04 Å². The molecule has 1 aliphatic rings. The number of halogens is 1. The minimum absolute atomic E-state index is 0.454. The third-order valence-corrected chi connectivity index (χ3v) is 4.09. The molecular weight excluding hydrogens is 246 g/mol. The monoisotopic (exact) mass is 267 g/mol. The van der Waals surface area contributed by atoms with Gasteiger partial charge in [0.2, 0.25) is 0 Å². The normalized spacial score (nSPS) is 19.7. The first-order valence-electron chi connectivity index (χ1n) is 6.80. The van der Waals surface area contributed by atoms with E-state index in [1.54, 1.807) is 6.07 Å². The van der Waals surface area contributed by atoms with E-state index in [4.69, 9.17) is 11.6 Å². The lowest BCUT2D eigenvalue weighted by Crippen LogP contribution is -2.39. The van der Waals surface area contributed by atoms with Crippen LogP contribution in [0.25, 0.3) is 0 Å². The van der Waals surface area contributed by atoms with Crippen molar-refractivity contribution in [1.82, 2.24) is 9.88 Å². The average Bonchev–Trinajstić information content (AvgIpc) is 2.39. The molecule has 0 saturated carbocycles. The van der Waals surface area contributed by atoms with Crippen LogP contribution in [0.1, 0.15) is 26.7 Å². The number of piperidine rings is 1. The fourth-order valence-electron chi connectivity index (χ4n) is 2.61. The first-order valence-corrected chi connectivity index (χ1v) is 7.18. The van der Waals surface area contributed by atoms with Gasteiger partial charge in [0.25, 0.3) is 0 Å². The zero-order chi connectivity index (χ0) is 13.0. The molecule has 1 atom stereocenters. The van der Waals surface area contributed by atoms with Gasteiger partial charge >= 0.3 is 0 Å². The molecule has 0 aliphatic carbocycles. The first-order chi connectivity index (χ1) is 8.69. The maximum absolute atomic E-state index is 5.89. The van der Waals surface area contributed by atoms with Crippen molar-refractivity contribution in [1.29, 1.82) is 0 Å². The van der Waals surface area contributed by atoms with E-state index in [9.17, 15) is 0 Å². The van der Waals surface area contributed by atoms with E-state index >= 15 is 0 Å².